The maximum Gasteiger partial charge on any atom is 0.193 e. The minimum atomic E-state index is -0.365. The number of hydrogen-bond acceptors (Lipinski definition) is 4. The van der Waals surface area contributed by atoms with Crippen molar-refractivity contribution < 1.29 is 5.11 Å². The van der Waals surface area contributed by atoms with Gasteiger partial charge in [0.2, 0.25) is 0 Å². The first-order valence-corrected chi connectivity index (χ1v) is 8.48. The fraction of sp³-hybridized carbons (Fsp3) is 0.267. The van der Waals surface area contributed by atoms with E-state index in [0.29, 0.717) is 6.42 Å². The number of aliphatic hydroxyl groups excluding tert-OH is 1. The smallest absolute Gasteiger partial charge is 0.193 e. The van der Waals surface area contributed by atoms with Gasteiger partial charge in [-0.3, -0.25) is 4.40 Å². The molecule has 0 bridgehead atoms. The zero-order chi connectivity index (χ0) is 13.5. The van der Waals surface area contributed by atoms with Gasteiger partial charge in [0, 0.05) is 40.8 Å². The highest BCUT2D eigenvalue weighted by atomic mass is 32.2. The van der Waals surface area contributed by atoms with E-state index >= 15 is 0 Å². The van der Waals surface area contributed by atoms with Gasteiger partial charge in [-0.15, -0.1) is 23.1 Å². The van der Waals surface area contributed by atoms with Crippen molar-refractivity contribution in [3.05, 3.63) is 53.3 Å². The van der Waals surface area contributed by atoms with Crippen LogP contribution in [0.2, 0.25) is 0 Å². The number of fused-ring (bicyclic) bond motifs is 2. The summed E-state index contributed by atoms with van der Waals surface area (Å²) in [7, 11) is 0. The molecule has 3 nitrogen and oxygen atoms in total. The van der Waals surface area contributed by atoms with E-state index in [1.165, 1.54) is 10.5 Å². The number of thiazole rings is 1. The molecule has 20 heavy (non-hydrogen) atoms. The zero-order valence-electron chi connectivity index (χ0n) is 10.8. The summed E-state index contributed by atoms with van der Waals surface area (Å²) < 4.78 is 2.02. The average molecular weight is 302 g/mol. The molecule has 5 heteroatoms. The number of thioether (sulfide) groups is 1. The van der Waals surface area contributed by atoms with Crippen molar-refractivity contribution in [2.45, 2.75) is 23.3 Å². The van der Waals surface area contributed by atoms with E-state index in [1.54, 1.807) is 11.3 Å². The van der Waals surface area contributed by atoms with E-state index in [9.17, 15) is 5.11 Å². The zero-order valence-corrected chi connectivity index (χ0v) is 12.4. The molecule has 1 N–H and O–H groups in total. The van der Waals surface area contributed by atoms with Crippen LogP contribution < -0.4 is 0 Å². The highest BCUT2D eigenvalue weighted by molar-refractivity contribution is 7.99. The first-order chi connectivity index (χ1) is 9.81. The molecule has 3 heterocycles. The minimum absolute atomic E-state index is 0.218. The summed E-state index contributed by atoms with van der Waals surface area (Å²) in [6.45, 7) is 0. The number of benzene rings is 1. The lowest BCUT2D eigenvalue weighted by atomic mass is 9.93. The Morgan fingerprint density at radius 1 is 1.40 bits per heavy atom. The van der Waals surface area contributed by atoms with Gasteiger partial charge in [0.05, 0.1) is 11.8 Å². The molecular formula is C15H14N2OS2. The van der Waals surface area contributed by atoms with Crippen molar-refractivity contribution >= 4 is 28.1 Å². The molecule has 0 radical (unpaired) electrons. The molecule has 2 unspecified atom stereocenters. The Hall–Kier alpha value is -1.30. The molecule has 102 valence electrons. The number of nitrogens with zero attached hydrogens (tertiary/aromatic N) is 2. The van der Waals surface area contributed by atoms with Gasteiger partial charge in [-0.2, -0.15) is 0 Å². The summed E-state index contributed by atoms with van der Waals surface area (Å²) in [6, 6.07) is 8.38. The topological polar surface area (TPSA) is 37.5 Å². The van der Waals surface area contributed by atoms with E-state index in [-0.39, 0.29) is 12.0 Å². The van der Waals surface area contributed by atoms with Crippen LogP contribution in [0.1, 0.15) is 17.2 Å². The molecule has 1 aromatic carbocycles. The average Bonchev–Trinajstić information content (AvgIpc) is 3.10. The molecular weight excluding hydrogens is 288 g/mol. The van der Waals surface area contributed by atoms with Crippen molar-refractivity contribution in [2.24, 2.45) is 0 Å². The first kappa shape index (κ1) is 12.4. The second-order valence-corrected chi connectivity index (χ2v) is 6.99. The van der Waals surface area contributed by atoms with Gasteiger partial charge in [-0.05, 0) is 11.6 Å². The molecule has 1 aliphatic rings. The molecule has 0 fully saturated rings. The van der Waals surface area contributed by atoms with E-state index in [4.69, 9.17) is 0 Å². The third-order valence-corrected chi connectivity index (χ3v) is 5.74. The van der Waals surface area contributed by atoms with E-state index in [0.717, 1.165) is 16.4 Å². The Morgan fingerprint density at radius 3 is 3.20 bits per heavy atom. The standard InChI is InChI=1S/C15H14N2OS2/c18-13(7-10-8-17-5-6-19-15(17)16-10)12-9-20-14-4-2-1-3-11(12)14/h1-6,8,12-13,18H,7,9H2. The predicted octanol–water partition coefficient (Wildman–Crippen LogP) is 3.19. The molecule has 0 saturated heterocycles. The van der Waals surface area contributed by atoms with Gasteiger partial charge in [0.15, 0.2) is 4.96 Å². The lowest BCUT2D eigenvalue weighted by Crippen LogP contribution is -2.21. The fourth-order valence-corrected chi connectivity index (χ4v) is 4.78. The number of hydrogen-bond donors (Lipinski definition) is 1. The summed E-state index contributed by atoms with van der Waals surface area (Å²) in [5.41, 5.74) is 2.25. The molecule has 4 rings (SSSR count). The van der Waals surface area contributed by atoms with Crippen LogP contribution >= 0.6 is 23.1 Å². The fourth-order valence-electron chi connectivity index (χ4n) is 2.74. The Morgan fingerprint density at radius 2 is 2.30 bits per heavy atom. The van der Waals surface area contributed by atoms with Crippen molar-refractivity contribution in [3.63, 3.8) is 0 Å². The largest absolute Gasteiger partial charge is 0.392 e. The Labute approximate surface area is 125 Å². The normalized spacial score (nSPS) is 19.4. The van der Waals surface area contributed by atoms with E-state index in [2.05, 4.69) is 29.2 Å². The van der Waals surface area contributed by atoms with Crippen molar-refractivity contribution in [1.29, 1.82) is 0 Å². The first-order valence-electron chi connectivity index (χ1n) is 6.62. The lowest BCUT2D eigenvalue weighted by Gasteiger charge is -2.17. The molecule has 0 aliphatic carbocycles. The second kappa shape index (κ2) is 4.91. The van der Waals surface area contributed by atoms with Gasteiger partial charge in [-0.1, -0.05) is 18.2 Å². The van der Waals surface area contributed by atoms with Gasteiger partial charge in [-0.25, -0.2) is 4.98 Å². The SMILES string of the molecule is OC(Cc1cn2ccsc2n1)C1CSc2ccccc21. The van der Waals surface area contributed by atoms with Crippen molar-refractivity contribution in [3.8, 4) is 0 Å². The highest BCUT2D eigenvalue weighted by Crippen LogP contribution is 2.41. The van der Waals surface area contributed by atoms with E-state index in [1.807, 2.05) is 33.9 Å². The molecule has 0 spiro atoms. The maximum absolute atomic E-state index is 10.6. The van der Waals surface area contributed by atoms with Crippen LogP contribution in [0, 0.1) is 0 Å². The quantitative estimate of drug-likeness (QED) is 0.807. The predicted molar refractivity (Wildman–Crippen MR) is 82.7 cm³/mol. The van der Waals surface area contributed by atoms with Crippen LogP contribution in [0.3, 0.4) is 0 Å². The highest BCUT2D eigenvalue weighted by Gasteiger charge is 2.29. The summed E-state index contributed by atoms with van der Waals surface area (Å²) >= 11 is 3.46. The van der Waals surface area contributed by atoms with Gasteiger partial charge >= 0.3 is 0 Å². The number of aromatic nitrogens is 2. The van der Waals surface area contributed by atoms with Crippen LogP contribution in [0.15, 0.2) is 46.9 Å². The summed E-state index contributed by atoms with van der Waals surface area (Å²) in [6.07, 6.45) is 4.27. The summed E-state index contributed by atoms with van der Waals surface area (Å²) in [5.74, 6) is 1.18. The van der Waals surface area contributed by atoms with Gasteiger partial charge < -0.3 is 5.11 Å². The van der Waals surface area contributed by atoms with Crippen molar-refractivity contribution in [1.82, 2.24) is 9.38 Å². The molecule has 1 aliphatic heterocycles. The Kier molecular flexibility index (Phi) is 3.06. The lowest BCUT2D eigenvalue weighted by molar-refractivity contribution is 0.150. The second-order valence-electron chi connectivity index (χ2n) is 5.05. The minimum Gasteiger partial charge on any atom is -0.392 e. The Bertz CT molecular complexity index is 721. The number of imidazole rings is 1. The van der Waals surface area contributed by atoms with Gasteiger partial charge in [0.25, 0.3) is 0 Å². The van der Waals surface area contributed by atoms with Crippen LogP contribution in [-0.2, 0) is 6.42 Å². The number of rotatable bonds is 3. The van der Waals surface area contributed by atoms with Crippen LogP contribution in [-0.4, -0.2) is 26.3 Å². The van der Waals surface area contributed by atoms with Crippen molar-refractivity contribution in [2.75, 3.05) is 5.75 Å². The molecule has 3 aromatic rings. The molecule has 0 saturated carbocycles. The molecule has 0 amide bonds. The maximum atomic E-state index is 10.6. The summed E-state index contributed by atoms with van der Waals surface area (Å²) in [5, 5.41) is 12.6. The third-order valence-electron chi connectivity index (χ3n) is 3.76. The molecule has 2 atom stereocenters. The van der Waals surface area contributed by atoms with Gasteiger partial charge in [0.1, 0.15) is 0 Å². The van der Waals surface area contributed by atoms with E-state index < -0.39 is 0 Å². The number of aliphatic hydroxyl groups is 1. The third kappa shape index (κ3) is 2.06. The Balaban J connectivity index is 1.56. The summed E-state index contributed by atoms with van der Waals surface area (Å²) in [4.78, 5) is 6.86. The van der Waals surface area contributed by atoms with Crippen LogP contribution in [0.4, 0.5) is 0 Å². The monoisotopic (exact) mass is 302 g/mol. The molecule has 2 aromatic heterocycles. The van der Waals surface area contributed by atoms with Crippen LogP contribution in [0.25, 0.3) is 4.96 Å². The van der Waals surface area contributed by atoms with Crippen LogP contribution in [0.5, 0.6) is 0 Å².